The second kappa shape index (κ2) is 7.52. The summed E-state index contributed by atoms with van der Waals surface area (Å²) in [6, 6.07) is 10.1. The Morgan fingerprint density at radius 3 is 2.81 bits per heavy atom. The Bertz CT molecular complexity index is 492. The van der Waals surface area contributed by atoms with Crippen LogP contribution >= 0.6 is 12.2 Å². The number of likely N-dealkylation sites (tertiary alicyclic amines) is 1. The minimum atomic E-state index is -0.436. The maximum atomic E-state index is 12.5. The monoisotopic (exact) mass is 305 g/mol. The number of thiocarbonyl (C=S) groups is 1. The lowest BCUT2D eigenvalue weighted by Gasteiger charge is -2.31. The molecule has 0 saturated carbocycles. The highest BCUT2D eigenvalue weighted by Crippen LogP contribution is 2.12. The van der Waals surface area contributed by atoms with Crippen LogP contribution in [0, 0.1) is 5.92 Å². The lowest BCUT2D eigenvalue weighted by Crippen LogP contribution is -2.50. The quantitative estimate of drug-likeness (QED) is 0.806. The summed E-state index contributed by atoms with van der Waals surface area (Å²) >= 11 is 5.09. The number of amides is 1. The molecular weight excluding hydrogens is 282 g/mol. The predicted molar refractivity (Wildman–Crippen MR) is 89.1 cm³/mol. The normalized spacial score (nSPS) is 20.7. The number of benzene rings is 1. The number of carbonyl (C=O) groups is 1. The van der Waals surface area contributed by atoms with E-state index in [-0.39, 0.29) is 16.9 Å². The van der Waals surface area contributed by atoms with Gasteiger partial charge in [0.05, 0.1) is 10.9 Å². The van der Waals surface area contributed by atoms with Crippen molar-refractivity contribution in [1.29, 1.82) is 0 Å². The van der Waals surface area contributed by atoms with E-state index in [1.165, 1.54) is 0 Å². The number of nitrogens with zero attached hydrogens (tertiary/aromatic N) is 1. The zero-order valence-electron chi connectivity index (χ0n) is 12.4. The number of rotatable bonds is 5. The Labute approximate surface area is 131 Å². The zero-order chi connectivity index (χ0) is 15.2. The van der Waals surface area contributed by atoms with E-state index in [0.29, 0.717) is 6.42 Å². The SMILES string of the molecule is CN1CCCC(NC(=O)C(Cc2ccccc2)C(N)=S)C1. The fourth-order valence-corrected chi connectivity index (χ4v) is 2.95. The summed E-state index contributed by atoms with van der Waals surface area (Å²) in [6.07, 6.45) is 2.69. The maximum absolute atomic E-state index is 12.5. The van der Waals surface area contributed by atoms with E-state index in [1.807, 2.05) is 30.3 Å². The van der Waals surface area contributed by atoms with E-state index in [0.717, 1.165) is 31.5 Å². The van der Waals surface area contributed by atoms with Gasteiger partial charge >= 0.3 is 0 Å². The van der Waals surface area contributed by atoms with Gasteiger partial charge in [-0.15, -0.1) is 0 Å². The largest absolute Gasteiger partial charge is 0.393 e. The van der Waals surface area contributed by atoms with Crippen LogP contribution in [0.3, 0.4) is 0 Å². The molecule has 0 radical (unpaired) electrons. The minimum absolute atomic E-state index is 0.0494. The summed E-state index contributed by atoms with van der Waals surface area (Å²) in [4.78, 5) is 15.0. The highest BCUT2D eigenvalue weighted by Gasteiger charge is 2.26. The van der Waals surface area contributed by atoms with Crippen molar-refractivity contribution in [2.45, 2.75) is 25.3 Å². The van der Waals surface area contributed by atoms with Crippen molar-refractivity contribution in [1.82, 2.24) is 10.2 Å². The molecule has 2 unspecified atom stereocenters. The Hall–Kier alpha value is -1.46. The molecule has 1 aromatic rings. The number of nitrogens with two attached hydrogens (primary N) is 1. The van der Waals surface area contributed by atoms with Crippen LogP contribution in [0.25, 0.3) is 0 Å². The van der Waals surface area contributed by atoms with E-state index in [1.54, 1.807) is 0 Å². The summed E-state index contributed by atoms with van der Waals surface area (Å²) in [5, 5.41) is 3.10. The van der Waals surface area contributed by atoms with Gasteiger partial charge in [-0.3, -0.25) is 4.79 Å². The lowest BCUT2D eigenvalue weighted by molar-refractivity contribution is -0.124. The van der Waals surface area contributed by atoms with E-state index >= 15 is 0 Å². The smallest absolute Gasteiger partial charge is 0.230 e. The van der Waals surface area contributed by atoms with Crippen LogP contribution in [0.15, 0.2) is 30.3 Å². The molecule has 1 aliphatic rings. The fraction of sp³-hybridized carbons (Fsp3) is 0.500. The predicted octanol–water partition coefficient (Wildman–Crippen LogP) is 1.34. The standard InChI is InChI=1S/C16H23N3OS/c1-19-9-5-8-13(11-19)18-16(20)14(15(17)21)10-12-6-3-2-4-7-12/h2-4,6-7,13-14H,5,8-11H2,1H3,(H2,17,21)(H,18,20). The van der Waals surface area contributed by atoms with Crippen LogP contribution in [-0.2, 0) is 11.2 Å². The number of piperidine rings is 1. The molecule has 0 spiro atoms. The van der Waals surface area contributed by atoms with Gasteiger partial charge < -0.3 is 16.0 Å². The van der Waals surface area contributed by atoms with Crippen LogP contribution in [0.1, 0.15) is 18.4 Å². The average molecular weight is 305 g/mol. The molecule has 21 heavy (non-hydrogen) atoms. The number of hydrogen-bond acceptors (Lipinski definition) is 3. The Morgan fingerprint density at radius 2 is 2.19 bits per heavy atom. The first-order valence-corrected chi connectivity index (χ1v) is 7.79. The number of carbonyl (C=O) groups excluding carboxylic acids is 1. The van der Waals surface area contributed by atoms with Crippen molar-refractivity contribution in [2.75, 3.05) is 20.1 Å². The van der Waals surface area contributed by atoms with Gasteiger partial charge in [0.15, 0.2) is 0 Å². The number of likely N-dealkylation sites (N-methyl/N-ethyl adjacent to an activating group) is 1. The minimum Gasteiger partial charge on any atom is -0.393 e. The molecule has 114 valence electrons. The van der Waals surface area contributed by atoms with Gasteiger partial charge in [-0.2, -0.15) is 0 Å². The highest BCUT2D eigenvalue weighted by atomic mass is 32.1. The Kier molecular flexibility index (Phi) is 5.70. The lowest BCUT2D eigenvalue weighted by atomic mass is 9.97. The summed E-state index contributed by atoms with van der Waals surface area (Å²) < 4.78 is 0. The molecule has 1 aromatic carbocycles. The van der Waals surface area contributed by atoms with Crippen LogP contribution in [0.4, 0.5) is 0 Å². The molecule has 0 bridgehead atoms. The van der Waals surface area contributed by atoms with Crippen LogP contribution in [-0.4, -0.2) is 42.0 Å². The van der Waals surface area contributed by atoms with Gasteiger partial charge in [0.2, 0.25) is 5.91 Å². The van der Waals surface area contributed by atoms with E-state index in [9.17, 15) is 4.79 Å². The highest BCUT2D eigenvalue weighted by molar-refractivity contribution is 7.80. The van der Waals surface area contributed by atoms with Gasteiger partial charge in [-0.05, 0) is 38.4 Å². The van der Waals surface area contributed by atoms with Crippen molar-refractivity contribution >= 4 is 23.1 Å². The number of nitrogens with one attached hydrogen (secondary N) is 1. The van der Waals surface area contributed by atoms with E-state index < -0.39 is 5.92 Å². The first kappa shape index (κ1) is 15.9. The zero-order valence-corrected chi connectivity index (χ0v) is 13.2. The first-order valence-electron chi connectivity index (χ1n) is 7.38. The third-order valence-corrected chi connectivity index (χ3v) is 4.20. The maximum Gasteiger partial charge on any atom is 0.230 e. The molecule has 0 aliphatic carbocycles. The molecule has 0 aromatic heterocycles. The third-order valence-electron chi connectivity index (χ3n) is 3.91. The van der Waals surface area contributed by atoms with Crippen molar-refractivity contribution in [3.63, 3.8) is 0 Å². The molecule has 5 heteroatoms. The fourth-order valence-electron chi connectivity index (χ4n) is 2.76. The van der Waals surface area contributed by atoms with Gasteiger partial charge in [0.25, 0.3) is 0 Å². The molecule has 1 saturated heterocycles. The molecule has 3 N–H and O–H groups in total. The van der Waals surface area contributed by atoms with Crippen LogP contribution < -0.4 is 11.1 Å². The van der Waals surface area contributed by atoms with Crippen molar-refractivity contribution < 1.29 is 4.79 Å². The Balaban J connectivity index is 1.97. The molecule has 4 nitrogen and oxygen atoms in total. The first-order chi connectivity index (χ1) is 10.1. The molecule has 2 atom stereocenters. The van der Waals surface area contributed by atoms with Gasteiger partial charge in [0.1, 0.15) is 0 Å². The topological polar surface area (TPSA) is 58.4 Å². The summed E-state index contributed by atoms with van der Waals surface area (Å²) in [7, 11) is 2.08. The molecule has 1 fully saturated rings. The third kappa shape index (κ3) is 4.79. The summed E-state index contributed by atoms with van der Waals surface area (Å²) in [6.45, 7) is 1.98. The second-order valence-electron chi connectivity index (χ2n) is 5.75. The molecule has 1 amide bonds. The van der Waals surface area contributed by atoms with Crippen LogP contribution in [0.5, 0.6) is 0 Å². The Morgan fingerprint density at radius 1 is 1.48 bits per heavy atom. The summed E-state index contributed by atoms with van der Waals surface area (Å²) in [5.74, 6) is -0.485. The summed E-state index contributed by atoms with van der Waals surface area (Å²) in [5.41, 5.74) is 6.85. The second-order valence-corrected chi connectivity index (χ2v) is 6.23. The van der Waals surface area contributed by atoms with Crippen LogP contribution in [0.2, 0.25) is 0 Å². The average Bonchev–Trinajstić information content (AvgIpc) is 2.45. The van der Waals surface area contributed by atoms with Gasteiger partial charge in [-0.25, -0.2) is 0 Å². The van der Waals surface area contributed by atoms with Crippen molar-refractivity contribution in [3.05, 3.63) is 35.9 Å². The molecule has 2 rings (SSSR count). The molecular formula is C16H23N3OS. The number of hydrogen-bond donors (Lipinski definition) is 2. The van der Waals surface area contributed by atoms with E-state index in [4.69, 9.17) is 18.0 Å². The van der Waals surface area contributed by atoms with E-state index in [2.05, 4.69) is 17.3 Å². The molecule has 1 aliphatic heterocycles. The van der Waals surface area contributed by atoms with Crippen molar-refractivity contribution in [3.8, 4) is 0 Å². The van der Waals surface area contributed by atoms with Gasteiger partial charge in [0, 0.05) is 12.6 Å². The van der Waals surface area contributed by atoms with Crippen molar-refractivity contribution in [2.24, 2.45) is 11.7 Å². The molecule has 1 heterocycles. The van der Waals surface area contributed by atoms with Gasteiger partial charge in [-0.1, -0.05) is 42.5 Å².